The Labute approximate surface area is 231 Å². The second kappa shape index (κ2) is 14.1. The third-order valence-corrected chi connectivity index (χ3v) is 7.38. The maximum absolute atomic E-state index is 13.2. The summed E-state index contributed by atoms with van der Waals surface area (Å²) in [5, 5.41) is 5.79. The highest BCUT2D eigenvalue weighted by atomic mass is 32.2. The summed E-state index contributed by atoms with van der Waals surface area (Å²) in [5.41, 5.74) is 7.22. The van der Waals surface area contributed by atoms with Crippen LogP contribution in [0.4, 0.5) is 11.5 Å². The summed E-state index contributed by atoms with van der Waals surface area (Å²) in [7, 11) is -3.37. The largest absolute Gasteiger partial charge is 0.355 e. The molecule has 212 valence electrons. The number of nitrogens with one attached hydrogen (secondary N) is 3. The van der Waals surface area contributed by atoms with Crippen molar-refractivity contribution in [3.8, 4) is 0 Å². The summed E-state index contributed by atoms with van der Waals surface area (Å²) in [6.45, 7) is 4.23. The molecular weight excluding hydrogens is 516 g/mol. The van der Waals surface area contributed by atoms with Crippen LogP contribution >= 0.6 is 0 Å². The number of allylic oxidation sites excluding steroid dienone is 4. The molecule has 1 heterocycles. The van der Waals surface area contributed by atoms with Gasteiger partial charge in [0.1, 0.15) is 0 Å². The number of amides is 2. The third kappa shape index (κ3) is 10.3. The average molecular weight is 557 g/mol. The van der Waals surface area contributed by atoms with E-state index >= 15 is 0 Å². The van der Waals surface area contributed by atoms with Crippen molar-refractivity contribution in [2.75, 3.05) is 22.8 Å². The minimum atomic E-state index is -3.37. The number of imidazole rings is 1. The summed E-state index contributed by atoms with van der Waals surface area (Å²) in [6.07, 6.45) is 16.3. The Kier molecular flexibility index (Phi) is 10.9. The quantitative estimate of drug-likeness (QED) is 0.281. The predicted molar refractivity (Wildman–Crippen MR) is 154 cm³/mol. The molecule has 1 aliphatic rings. The van der Waals surface area contributed by atoms with E-state index in [0.717, 1.165) is 31.1 Å². The molecule has 0 bridgehead atoms. The van der Waals surface area contributed by atoms with Gasteiger partial charge in [0.2, 0.25) is 21.8 Å². The lowest BCUT2D eigenvalue weighted by Crippen LogP contribution is -2.42. The normalized spacial score (nSPS) is 17.3. The molecule has 4 atom stereocenters. The summed E-state index contributed by atoms with van der Waals surface area (Å²) in [4.78, 5) is 30.0. The summed E-state index contributed by atoms with van der Waals surface area (Å²) < 4.78 is 27.3. The van der Waals surface area contributed by atoms with Crippen LogP contribution < -0.4 is 21.1 Å². The van der Waals surface area contributed by atoms with Gasteiger partial charge in [0, 0.05) is 36.9 Å². The van der Waals surface area contributed by atoms with E-state index in [1.54, 1.807) is 49.1 Å². The second-order valence-corrected chi connectivity index (χ2v) is 12.1. The Hall–Kier alpha value is -3.44. The molecule has 0 saturated carbocycles. The van der Waals surface area contributed by atoms with Gasteiger partial charge < -0.3 is 20.9 Å². The Balaban J connectivity index is 1.61. The summed E-state index contributed by atoms with van der Waals surface area (Å²) >= 11 is 0. The number of nitrogens with two attached hydrogens (primary N) is 1. The van der Waals surface area contributed by atoms with E-state index < -0.39 is 15.9 Å². The highest BCUT2D eigenvalue weighted by molar-refractivity contribution is 7.92. The number of carbonyl (C=O) groups is 2. The van der Waals surface area contributed by atoms with Gasteiger partial charge in [-0.25, -0.2) is 13.4 Å². The van der Waals surface area contributed by atoms with Crippen LogP contribution in [-0.4, -0.2) is 48.6 Å². The molecule has 0 saturated heterocycles. The molecule has 5 N–H and O–H groups in total. The third-order valence-electron chi connectivity index (χ3n) is 6.77. The molecule has 0 aliphatic heterocycles. The van der Waals surface area contributed by atoms with Crippen molar-refractivity contribution in [3.05, 3.63) is 66.7 Å². The molecule has 2 amide bonds. The van der Waals surface area contributed by atoms with E-state index in [1.807, 2.05) is 12.1 Å². The molecule has 2 aromatic rings. The first-order valence-corrected chi connectivity index (χ1v) is 15.2. The Bertz CT molecular complexity index is 1280. The minimum absolute atomic E-state index is 0.167. The van der Waals surface area contributed by atoms with Crippen LogP contribution in [0, 0.1) is 17.8 Å². The van der Waals surface area contributed by atoms with Crippen molar-refractivity contribution >= 4 is 33.3 Å². The van der Waals surface area contributed by atoms with E-state index in [0.29, 0.717) is 30.4 Å². The Morgan fingerprint density at radius 3 is 2.69 bits per heavy atom. The number of rotatable bonds is 14. The molecule has 39 heavy (non-hydrogen) atoms. The maximum atomic E-state index is 13.2. The molecule has 0 fully saturated rings. The number of sulfonamides is 1. The highest BCUT2D eigenvalue weighted by Crippen LogP contribution is 2.21. The van der Waals surface area contributed by atoms with E-state index in [4.69, 9.17) is 5.73 Å². The standard InChI is InChI=1S/C28H40N6O4S/c1-20(21(2)29)27(35)30-16-24(13-7-11-22-9-5-4-6-10-22)28(36)32-26-18-34(19-31-26)17-23-12-8-14-25(15-23)33-39(3,37)38/h4-6,8-9,12,14-15,18-22,24,33H,7,10-11,13,16-17,29H2,1-3H3,(H,30,35)(H,32,36)/t20?,21?,22?,24-/m0/s1. The monoisotopic (exact) mass is 556 g/mol. The van der Waals surface area contributed by atoms with Crippen molar-refractivity contribution in [1.82, 2.24) is 14.9 Å². The van der Waals surface area contributed by atoms with Crippen molar-refractivity contribution in [1.29, 1.82) is 0 Å². The lowest BCUT2D eigenvalue weighted by atomic mass is 9.92. The average Bonchev–Trinajstić information content (AvgIpc) is 3.31. The number of anilines is 2. The van der Waals surface area contributed by atoms with E-state index in [-0.39, 0.29) is 30.3 Å². The first-order chi connectivity index (χ1) is 18.5. The zero-order valence-corrected chi connectivity index (χ0v) is 23.7. The molecule has 1 aromatic heterocycles. The van der Waals surface area contributed by atoms with Crippen molar-refractivity contribution in [2.24, 2.45) is 23.5 Å². The smallest absolute Gasteiger partial charge is 0.230 e. The molecule has 1 aliphatic carbocycles. The van der Waals surface area contributed by atoms with E-state index in [2.05, 4.69) is 38.6 Å². The topological polar surface area (TPSA) is 148 Å². The van der Waals surface area contributed by atoms with Gasteiger partial charge >= 0.3 is 0 Å². The van der Waals surface area contributed by atoms with Crippen LogP contribution in [0.3, 0.4) is 0 Å². The number of benzene rings is 1. The van der Waals surface area contributed by atoms with E-state index in [1.165, 1.54) is 0 Å². The zero-order chi connectivity index (χ0) is 28.4. The fourth-order valence-corrected chi connectivity index (χ4v) is 4.87. The van der Waals surface area contributed by atoms with E-state index in [9.17, 15) is 18.0 Å². The minimum Gasteiger partial charge on any atom is -0.355 e. The van der Waals surface area contributed by atoms with Crippen molar-refractivity contribution in [2.45, 2.75) is 52.1 Å². The second-order valence-electron chi connectivity index (χ2n) is 10.3. The number of aromatic nitrogens is 2. The van der Waals surface area contributed by atoms with Crippen LogP contribution in [-0.2, 0) is 26.2 Å². The molecule has 1 aromatic carbocycles. The van der Waals surface area contributed by atoms with Gasteiger partial charge in [-0.05, 0) is 49.8 Å². The van der Waals surface area contributed by atoms with Gasteiger partial charge in [0.25, 0.3) is 0 Å². The summed E-state index contributed by atoms with van der Waals surface area (Å²) in [5.74, 6) is -0.261. The molecule has 3 rings (SSSR count). The number of carbonyl (C=O) groups excluding carboxylic acids is 2. The SMILES string of the molecule is CC(N)C(C)C(=O)NC[C@H](CCCC1C=CC=CC1)C(=O)Nc1cn(Cc2cccc(NS(C)(=O)=O)c2)cn1. The van der Waals surface area contributed by atoms with Gasteiger partial charge in [-0.3, -0.25) is 14.3 Å². The van der Waals surface area contributed by atoms with Gasteiger partial charge in [-0.2, -0.15) is 0 Å². The molecule has 11 heteroatoms. The van der Waals surface area contributed by atoms with Crippen LogP contribution in [0.1, 0.15) is 45.1 Å². The number of nitrogens with zero attached hydrogens (tertiary/aromatic N) is 2. The van der Waals surface area contributed by atoms with Gasteiger partial charge in [-0.15, -0.1) is 0 Å². The first kappa shape index (κ1) is 30.1. The number of hydrogen-bond acceptors (Lipinski definition) is 6. The lowest BCUT2D eigenvalue weighted by Gasteiger charge is -2.21. The molecule has 0 radical (unpaired) electrons. The molecule has 10 nitrogen and oxygen atoms in total. The van der Waals surface area contributed by atoms with Gasteiger partial charge in [0.05, 0.1) is 18.5 Å². The van der Waals surface area contributed by atoms with Crippen molar-refractivity contribution in [3.63, 3.8) is 0 Å². The van der Waals surface area contributed by atoms with Crippen LogP contribution in [0.2, 0.25) is 0 Å². The van der Waals surface area contributed by atoms with Gasteiger partial charge in [-0.1, -0.05) is 49.8 Å². The molecular formula is C28H40N6O4S. The Morgan fingerprint density at radius 2 is 2.00 bits per heavy atom. The highest BCUT2D eigenvalue weighted by Gasteiger charge is 2.23. The maximum Gasteiger partial charge on any atom is 0.230 e. The fraction of sp³-hybridized carbons (Fsp3) is 0.464. The lowest BCUT2D eigenvalue weighted by molar-refractivity contribution is -0.125. The first-order valence-electron chi connectivity index (χ1n) is 13.3. The van der Waals surface area contributed by atoms with Crippen LogP contribution in [0.5, 0.6) is 0 Å². The fourth-order valence-electron chi connectivity index (χ4n) is 4.32. The Morgan fingerprint density at radius 1 is 1.21 bits per heavy atom. The molecule has 0 spiro atoms. The molecule has 3 unspecified atom stereocenters. The predicted octanol–water partition coefficient (Wildman–Crippen LogP) is 3.26. The number of hydrogen-bond donors (Lipinski definition) is 4. The van der Waals surface area contributed by atoms with Crippen LogP contribution in [0.15, 0.2) is 61.1 Å². The van der Waals surface area contributed by atoms with Crippen molar-refractivity contribution < 1.29 is 18.0 Å². The zero-order valence-electron chi connectivity index (χ0n) is 22.8. The van der Waals surface area contributed by atoms with Gasteiger partial charge in [0.15, 0.2) is 5.82 Å². The van der Waals surface area contributed by atoms with Crippen LogP contribution in [0.25, 0.3) is 0 Å². The summed E-state index contributed by atoms with van der Waals surface area (Å²) in [6, 6.07) is 6.80.